The highest BCUT2D eigenvalue weighted by Crippen LogP contribution is 2.11. The van der Waals surface area contributed by atoms with E-state index in [0.29, 0.717) is 13.0 Å². The van der Waals surface area contributed by atoms with E-state index in [4.69, 9.17) is 4.74 Å². The van der Waals surface area contributed by atoms with Crippen LogP contribution in [0.5, 0.6) is 5.75 Å². The molecule has 5 heteroatoms. The molecule has 1 aromatic heterocycles. The van der Waals surface area contributed by atoms with Crippen molar-refractivity contribution in [2.24, 2.45) is 12.1 Å². The van der Waals surface area contributed by atoms with E-state index in [1.165, 1.54) is 0 Å². The number of nitrogens with zero attached hydrogens (tertiary/aromatic N) is 2. The van der Waals surface area contributed by atoms with Gasteiger partial charge < -0.3 is 9.30 Å². The fraction of sp³-hybridized carbons (Fsp3) is 0.250. The molecule has 0 aliphatic rings. The number of carbonyl (C=O) groups excluding carboxylic acids is 1. The lowest BCUT2D eigenvalue weighted by Gasteiger charge is -2.03. The summed E-state index contributed by atoms with van der Waals surface area (Å²) in [6.07, 6.45) is 3.82. The number of hydrogen-bond donors (Lipinski definition) is 1. The third-order valence-corrected chi connectivity index (χ3v) is 2.96. The molecule has 1 N–H and O–H groups in total. The van der Waals surface area contributed by atoms with Crippen molar-refractivity contribution in [2.45, 2.75) is 13.3 Å². The Kier molecular flexibility index (Phi) is 5.15. The minimum Gasteiger partial charge on any atom is -0.494 e. The lowest BCUT2D eigenvalue weighted by atomic mass is 10.2. The average molecular weight is 285 g/mol. The van der Waals surface area contributed by atoms with E-state index in [-0.39, 0.29) is 5.91 Å². The van der Waals surface area contributed by atoms with E-state index >= 15 is 0 Å². The molecule has 2 aromatic rings. The molecule has 0 unspecified atom stereocenters. The second-order valence-electron chi connectivity index (χ2n) is 4.59. The summed E-state index contributed by atoms with van der Waals surface area (Å²) in [5.41, 5.74) is 4.34. The summed E-state index contributed by atoms with van der Waals surface area (Å²) >= 11 is 0. The van der Waals surface area contributed by atoms with Crippen LogP contribution in [0.1, 0.15) is 18.2 Å². The van der Waals surface area contributed by atoms with Gasteiger partial charge in [0.25, 0.3) is 0 Å². The molecule has 1 amide bonds. The Morgan fingerprint density at radius 3 is 2.95 bits per heavy atom. The quantitative estimate of drug-likeness (QED) is 0.653. The molecule has 0 aliphatic carbocycles. The summed E-state index contributed by atoms with van der Waals surface area (Å²) in [6.45, 7) is 2.55. The number of rotatable bonds is 6. The highest BCUT2D eigenvalue weighted by Gasteiger charge is 2.04. The monoisotopic (exact) mass is 285 g/mol. The van der Waals surface area contributed by atoms with Gasteiger partial charge in [0.15, 0.2) is 0 Å². The molecule has 2 rings (SSSR count). The van der Waals surface area contributed by atoms with Gasteiger partial charge in [-0.1, -0.05) is 12.1 Å². The number of benzene rings is 1. The molecule has 110 valence electrons. The number of hydrogen-bond acceptors (Lipinski definition) is 3. The maximum absolute atomic E-state index is 11.8. The zero-order valence-electron chi connectivity index (χ0n) is 12.2. The van der Waals surface area contributed by atoms with E-state index in [1.54, 1.807) is 6.21 Å². The maximum atomic E-state index is 11.8. The average Bonchev–Trinajstić information content (AvgIpc) is 2.85. The second-order valence-corrected chi connectivity index (χ2v) is 4.59. The Balaban J connectivity index is 1.88. The first-order chi connectivity index (χ1) is 10.2. The van der Waals surface area contributed by atoms with Gasteiger partial charge >= 0.3 is 0 Å². The largest absolute Gasteiger partial charge is 0.494 e. The molecule has 0 atom stereocenters. The SMILES string of the molecule is CCOc1cccc(/C=N/NC(=O)Cc2cccn2C)c1. The van der Waals surface area contributed by atoms with Crippen LogP contribution in [0.3, 0.4) is 0 Å². The fourth-order valence-electron chi connectivity index (χ4n) is 1.91. The molecular weight excluding hydrogens is 266 g/mol. The van der Waals surface area contributed by atoms with Crippen molar-refractivity contribution >= 4 is 12.1 Å². The molecular formula is C16H19N3O2. The molecule has 1 heterocycles. The number of aryl methyl sites for hydroxylation is 1. The van der Waals surface area contributed by atoms with Gasteiger partial charge in [0, 0.05) is 18.9 Å². The summed E-state index contributed by atoms with van der Waals surface area (Å²) in [4.78, 5) is 11.8. The molecule has 0 saturated carbocycles. The zero-order valence-corrected chi connectivity index (χ0v) is 12.2. The summed E-state index contributed by atoms with van der Waals surface area (Å²) < 4.78 is 7.32. The van der Waals surface area contributed by atoms with Gasteiger partial charge in [0.05, 0.1) is 19.2 Å². The third kappa shape index (κ3) is 4.49. The first-order valence-corrected chi connectivity index (χ1v) is 6.84. The van der Waals surface area contributed by atoms with Gasteiger partial charge in [-0.05, 0) is 36.8 Å². The van der Waals surface area contributed by atoms with Gasteiger partial charge in [-0.2, -0.15) is 5.10 Å². The summed E-state index contributed by atoms with van der Waals surface area (Å²) in [5.74, 6) is 0.644. The molecule has 0 aliphatic heterocycles. The van der Waals surface area contributed by atoms with E-state index in [2.05, 4.69) is 10.5 Å². The van der Waals surface area contributed by atoms with Crippen molar-refractivity contribution in [1.29, 1.82) is 0 Å². The Bertz CT molecular complexity index is 632. The summed E-state index contributed by atoms with van der Waals surface area (Å²) in [5, 5.41) is 3.96. The van der Waals surface area contributed by atoms with Gasteiger partial charge in [-0.3, -0.25) is 4.79 Å². The van der Waals surface area contributed by atoms with E-state index in [0.717, 1.165) is 17.0 Å². The molecule has 1 aromatic carbocycles. The number of amides is 1. The van der Waals surface area contributed by atoms with Crippen LogP contribution >= 0.6 is 0 Å². The van der Waals surface area contributed by atoms with Crippen molar-refractivity contribution in [3.8, 4) is 5.75 Å². The topological polar surface area (TPSA) is 55.6 Å². The van der Waals surface area contributed by atoms with E-state index in [9.17, 15) is 4.79 Å². The molecule has 0 bridgehead atoms. The molecule has 5 nitrogen and oxygen atoms in total. The van der Waals surface area contributed by atoms with Crippen LogP contribution < -0.4 is 10.2 Å². The molecule has 0 spiro atoms. The fourth-order valence-corrected chi connectivity index (χ4v) is 1.91. The predicted molar refractivity (Wildman–Crippen MR) is 82.5 cm³/mol. The normalized spacial score (nSPS) is 10.8. The van der Waals surface area contributed by atoms with Crippen molar-refractivity contribution in [3.63, 3.8) is 0 Å². The van der Waals surface area contributed by atoms with Crippen LogP contribution in [0.25, 0.3) is 0 Å². The maximum Gasteiger partial charge on any atom is 0.245 e. The Morgan fingerprint density at radius 1 is 1.38 bits per heavy atom. The lowest BCUT2D eigenvalue weighted by Crippen LogP contribution is -2.20. The zero-order chi connectivity index (χ0) is 15.1. The van der Waals surface area contributed by atoms with Gasteiger partial charge in [-0.15, -0.1) is 0 Å². The van der Waals surface area contributed by atoms with Crippen molar-refractivity contribution in [3.05, 3.63) is 53.9 Å². The first-order valence-electron chi connectivity index (χ1n) is 6.84. The smallest absolute Gasteiger partial charge is 0.245 e. The van der Waals surface area contributed by atoms with Crippen LogP contribution in [0, 0.1) is 0 Å². The van der Waals surface area contributed by atoms with Crippen molar-refractivity contribution < 1.29 is 9.53 Å². The minimum atomic E-state index is -0.144. The Hall–Kier alpha value is -2.56. The van der Waals surface area contributed by atoms with Gasteiger partial charge in [0.2, 0.25) is 5.91 Å². The highest BCUT2D eigenvalue weighted by atomic mass is 16.5. The molecule has 0 fully saturated rings. The highest BCUT2D eigenvalue weighted by molar-refractivity contribution is 5.83. The van der Waals surface area contributed by atoms with Crippen LogP contribution in [0.2, 0.25) is 0 Å². The van der Waals surface area contributed by atoms with Crippen LogP contribution in [0.4, 0.5) is 0 Å². The number of nitrogens with one attached hydrogen (secondary N) is 1. The Labute approximate surface area is 124 Å². The summed E-state index contributed by atoms with van der Waals surface area (Å²) in [6, 6.07) is 11.4. The van der Waals surface area contributed by atoms with Crippen LogP contribution in [-0.2, 0) is 18.3 Å². The summed E-state index contributed by atoms with van der Waals surface area (Å²) in [7, 11) is 1.91. The first kappa shape index (κ1) is 14.8. The molecule has 21 heavy (non-hydrogen) atoms. The lowest BCUT2D eigenvalue weighted by molar-refractivity contribution is -0.120. The standard InChI is InChI=1S/C16H19N3O2/c1-3-21-15-8-4-6-13(10-15)12-17-18-16(20)11-14-7-5-9-19(14)2/h4-10,12H,3,11H2,1-2H3,(H,18,20)/b17-12+. The van der Waals surface area contributed by atoms with Crippen molar-refractivity contribution in [2.75, 3.05) is 6.61 Å². The number of aromatic nitrogens is 1. The van der Waals surface area contributed by atoms with E-state index < -0.39 is 0 Å². The van der Waals surface area contributed by atoms with Crippen LogP contribution in [0.15, 0.2) is 47.7 Å². The van der Waals surface area contributed by atoms with Gasteiger partial charge in [0.1, 0.15) is 5.75 Å². The van der Waals surface area contributed by atoms with Gasteiger partial charge in [-0.25, -0.2) is 5.43 Å². The number of ether oxygens (including phenoxy) is 1. The Morgan fingerprint density at radius 2 is 2.24 bits per heavy atom. The van der Waals surface area contributed by atoms with Crippen molar-refractivity contribution in [1.82, 2.24) is 9.99 Å². The molecule has 0 saturated heterocycles. The van der Waals surface area contributed by atoms with E-state index in [1.807, 2.05) is 61.1 Å². The second kappa shape index (κ2) is 7.28. The third-order valence-electron chi connectivity index (χ3n) is 2.96. The minimum absolute atomic E-state index is 0.144. The number of hydrazone groups is 1. The van der Waals surface area contributed by atoms with Crippen LogP contribution in [-0.4, -0.2) is 23.3 Å². The predicted octanol–water partition coefficient (Wildman–Crippen LogP) is 2.12. The number of carbonyl (C=O) groups is 1. The molecule has 0 radical (unpaired) electrons.